The van der Waals surface area contributed by atoms with Crippen molar-refractivity contribution in [2.24, 2.45) is 5.92 Å². The fraction of sp³-hybridized carbons (Fsp3) is 0.167. The average molecular weight is 500 g/mol. The molecular weight excluding hydrogens is 474 g/mol. The molecule has 0 unspecified atom stereocenters. The molecule has 5 rings (SSSR count). The van der Waals surface area contributed by atoms with Gasteiger partial charge in [0.2, 0.25) is 5.91 Å². The number of rotatable bonds is 7. The molecule has 0 spiro atoms. The lowest BCUT2D eigenvalue weighted by atomic mass is 9.77. The maximum Gasteiger partial charge on any atom is 0.233 e. The molecule has 4 aromatic rings. The molecule has 182 valence electrons. The van der Waals surface area contributed by atoms with E-state index in [1.807, 2.05) is 60.7 Å². The third kappa shape index (κ3) is 4.55. The van der Waals surface area contributed by atoms with Crippen molar-refractivity contribution in [2.45, 2.75) is 25.0 Å². The fourth-order valence-corrected chi connectivity index (χ4v) is 5.22. The highest BCUT2D eigenvalue weighted by Crippen LogP contribution is 2.49. The number of benzene rings is 4. The zero-order chi connectivity index (χ0) is 25.2. The minimum Gasteiger partial charge on any atom is -0.508 e. The number of para-hydroxylation sites is 1. The Labute approximate surface area is 214 Å². The van der Waals surface area contributed by atoms with Crippen molar-refractivity contribution in [3.63, 3.8) is 0 Å². The second kappa shape index (κ2) is 10.1. The van der Waals surface area contributed by atoms with Gasteiger partial charge in [-0.15, -0.1) is 0 Å². The quantitative estimate of drug-likeness (QED) is 0.249. The first-order chi connectivity index (χ1) is 17.4. The van der Waals surface area contributed by atoms with Gasteiger partial charge >= 0.3 is 0 Å². The van der Waals surface area contributed by atoms with Gasteiger partial charge in [-0.05, 0) is 65.9 Å². The molecule has 3 N–H and O–H groups in total. The van der Waals surface area contributed by atoms with Crippen molar-refractivity contribution < 1.29 is 20.1 Å². The lowest BCUT2D eigenvalue weighted by molar-refractivity contribution is -0.131. The second-order valence-electron chi connectivity index (χ2n) is 9.03. The van der Waals surface area contributed by atoms with E-state index in [9.17, 15) is 20.1 Å². The van der Waals surface area contributed by atoms with E-state index < -0.39 is 12.0 Å². The Hall–Kier alpha value is -3.80. The van der Waals surface area contributed by atoms with Crippen LogP contribution in [0.3, 0.4) is 0 Å². The molecule has 1 saturated heterocycles. The summed E-state index contributed by atoms with van der Waals surface area (Å²) in [5.74, 6) is -0.229. The van der Waals surface area contributed by atoms with Crippen LogP contribution in [0.1, 0.15) is 36.1 Å². The maximum absolute atomic E-state index is 13.3. The smallest absolute Gasteiger partial charge is 0.233 e. The molecule has 36 heavy (non-hydrogen) atoms. The molecule has 1 amide bonds. The van der Waals surface area contributed by atoms with Gasteiger partial charge in [0.05, 0.1) is 18.1 Å². The Bertz CT molecular complexity index is 1390. The number of amides is 1. The van der Waals surface area contributed by atoms with Gasteiger partial charge in [0.25, 0.3) is 0 Å². The van der Waals surface area contributed by atoms with Gasteiger partial charge in [-0.25, -0.2) is 0 Å². The average Bonchev–Trinajstić information content (AvgIpc) is 2.88. The molecule has 6 heteroatoms. The summed E-state index contributed by atoms with van der Waals surface area (Å²) in [6.45, 7) is 0. The molecule has 0 bridgehead atoms. The first-order valence-electron chi connectivity index (χ1n) is 11.9. The largest absolute Gasteiger partial charge is 0.508 e. The van der Waals surface area contributed by atoms with Crippen LogP contribution < -0.4 is 4.90 Å². The van der Waals surface area contributed by atoms with E-state index in [4.69, 9.17) is 11.6 Å². The minimum atomic E-state index is -0.792. The molecule has 0 saturated carbocycles. The number of aliphatic hydroxyl groups is 1. The third-order valence-electron chi connectivity index (χ3n) is 6.79. The highest BCUT2D eigenvalue weighted by atomic mass is 35.5. The van der Waals surface area contributed by atoms with E-state index in [1.54, 1.807) is 41.3 Å². The van der Waals surface area contributed by atoms with E-state index in [-0.39, 0.29) is 23.4 Å². The van der Waals surface area contributed by atoms with E-state index in [0.717, 1.165) is 16.8 Å². The molecule has 5 nitrogen and oxygen atoms in total. The van der Waals surface area contributed by atoms with Crippen LogP contribution in [0.15, 0.2) is 97.1 Å². The normalized spacial score (nSPS) is 18.1. The molecule has 0 aliphatic carbocycles. The Balaban J connectivity index is 1.44. The molecule has 1 aliphatic rings. The number of carbonyl (C=O) groups excluding carboxylic acids is 1. The summed E-state index contributed by atoms with van der Waals surface area (Å²) in [5, 5.41) is 32.1. The standard InChI is InChI=1S/C30H26ClNO4/c31-26-12-5-4-11-23(26)27(34)16-15-25-29(32(30(25)36)21-8-2-1-3-9-21)24-14-13-20(18-28(24)35)19-7-6-10-22(33)17-19/h1-14,17-18,25,27,29,33-35H,15-16H2/t25-,27+,29-/m1/s1. The fourth-order valence-electron chi connectivity index (χ4n) is 4.96. The van der Waals surface area contributed by atoms with Crippen LogP contribution in [0.25, 0.3) is 11.1 Å². The molecule has 0 aromatic heterocycles. The molecule has 1 heterocycles. The number of halogens is 1. The molecule has 1 fully saturated rings. The van der Waals surface area contributed by atoms with E-state index in [2.05, 4.69) is 0 Å². The van der Waals surface area contributed by atoms with Crippen LogP contribution in [-0.2, 0) is 4.79 Å². The van der Waals surface area contributed by atoms with E-state index >= 15 is 0 Å². The van der Waals surface area contributed by atoms with Gasteiger partial charge in [-0.3, -0.25) is 4.79 Å². The number of anilines is 1. The van der Waals surface area contributed by atoms with Gasteiger partial charge in [0.15, 0.2) is 0 Å². The van der Waals surface area contributed by atoms with Crippen LogP contribution in [0.2, 0.25) is 5.02 Å². The Morgan fingerprint density at radius 2 is 1.56 bits per heavy atom. The van der Waals surface area contributed by atoms with Crippen LogP contribution >= 0.6 is 11.6 Å². The van der Waals surface area contributed by atoms with Gasteiger partial charge in [0, 0.05) is 16.3 Å². The second-order valence-corrected chi connectivity index (χ2v) is 9.44. The first kappa shape index (κ1) is 23.9. The van der Waals surface area contributed by atoms with Crippen molar-refractivity contribution >= 4 is 23.2 Å². The number of nitrogens with zero attached hydrogens (tertiary/aromatic N) is 1. The molecular formula is C30H26ClNO4. The number of carbonyl (C=O) groups is 1. The SMILES string of the molecule is O=C1[C@H](CC[C@H](O)c2ccccc2Cl)[C@@H](c2ccc(-c3cccc(O)c3)cc2O)N1c1ccccc1. The summed E-state index contributed by atoms with van der Waals surface area (Å²) in [4.78, 5) is 15.0. The number of aromatic hydroxyl groups is 2. The lowest BCUT2D eigenvalue weighted by Gasteiger charge is -2.48. The van der Waals surface area contributed by atoms with E-state index in [1.165, 1.54) is 0 Å². The van der Waals surface area contributed by atoms with Gasteiger partial charge in [-0.1, -0.05) is 72.3 Å². The molecule has 0 radical (unpaired) electrons. The summed E-state index contributed by atoms with van der Waals surface area (Å²) < 4.78 is 0. The predicted octanol–water partition coefficient (Wildman–Crippen LogP) is 6.64. The van der Waals surface area contributed by atoms with Crippen LogP contribution in [0.5, 0.6) is 11.5 Å². The zero-order valence-electron chi connectivity index (χ0n) is 19.5. The third-order valence-corrected chi connectivity index (χ3v) is 7.14. The minimum absolute atomic E-state index is 0.0472. The first-order valence-corrected chi connectivity index (χ1v) is 12.2. The molecule has 3 atom stereocenters. The van der Waals surface area contributed by atoms with Crippen molar-refractivity contribution in [3.05, 3.63) is 113 Å². The Kier molecular flexibility index (Phi) is 6.68. The number of hydrogen-bond acceptors (Lipinski definition) is 4. The Morgan fingerprint density at radius 3 is 2.28 bits per heavy atom. The number of phenols is 2. The van der Waals surface area contributed by atoms with Crippen molar-refractivity contribution in [1.29, 1.82) is 0 Å². The Morgan fingerprint density at radius 1 is 0.833 bits per heavy atom. The van der Waals surface area contributed by atoms with Crippen molar-refractivity contribution in [3.8, 4) is 22.6 Å². The summed E-state index contributed by atoms with van der Waals surface area (Å²) in [6.07, 6.45) is 0.00800. The van der Waals surface area contributed by atoms with Gasteiger partial charge in [-0.2, -0.15) is 0 Å². The number of β-lactam (4-membered cyclic amide) rings is 1. The summed E-state index contributed by atoms with van der Waals surface area (Å²) >= 11 is 6.25. The summed E-state index contributed by atoms with van der Waals surface area (Å²) in [7, 11) is 0. The zero-order valence-corrected chi connectivity index (χ0v) is 20.2. The van der Waals surface area contributed by atoms with Crippen molar-refractivity contribution in [2.75, 3.05) is 4.90 Å². The summed E-state index contributed by atoms with van der Waals surface area (Å²) in [5.41, 5.74) is 3.57. The lowest BCUT2D eigenvalue weighted by Crippen LogP contribution is -2.55. The maximum atomic E-state index is 13.3. The molecule has 4 aromatic carbocycles. The number of aliphatic hydroxyl groups excluding tert-OH is 1. The number of hydrogen-bond donors (Lipinski definition) is 3. The monoisotopic (exact) mass is 499 g/mol. The molecule has 1 aliphatic heterocycles. The van der Waals surface area contributed by atoms with Crippen LogP contribution in [0, 0.1) is 5.92 Å². The van der Waals surface area contributed by atoms with Gasteiger partial charge in [0.1, 0.15) is 11.5 Å². The highest BCUT2D eigenvalue weighted by molar-refractivity contribution is 6.31. The van der Waals surface area contributed by atoms with E-state index in [0.29, 0.717) is 29.0 Å². The number of phenolic OH excluding ortho intramolecular Hbond substituents is 2. The van der Waals surface area contributed by atoms with Gasteiger partial charge < -0.3 is 20.2 Å². The topological polar surface area (TPSA) is 81.0 Å². The predicted molar refractivity (Wildman–Crippen MR) is 141 cm³/mol. The van der Waals surface area contributed by atoms with Crippen LogP contribution in [-0.4, -0.2) is 21.2 Å². The highest BCUT2D eigenvalue weighted by Gasteiger charge is 2.49. The van der Waals surface area contributed by atoms with Crippen molar-refractivity contribution in [1.82, 2.24) is 0 Å². The summed E-state index contributed by atoms with van der Waals surface area (Å²) in [6, 6.07) is 28.4. The van der Waals surface area contributed by atoms with Crippen LogP contribution in [0.4, 0.5) is 5.69 Å².